The zero-order valence-corrected chi connectivity index (χ0v) is 14.7. The highest BCUT2D eigenvalue weighted by Crippen LogP contribution is 2.27. The Balaban J connectivity index is 1.52. The number of rotatable bonds is 6. The van der Waals surface area contributed by atoms with E-state index in [1.165, 1.54) is 23.5 Å². The summed E-state index contributed by atoms with van der Waals surface area (Å²) in [7, 11) is 0. The molecule has 6 heteroatoms. The van der Waals surface area contributed by atoms with E-state index in [-0.39, 0.29) is 11.7 Å². The minimum Gasteiger partial charge on any atom is -0.459 e. The Morgan fingerprint density at radius 2 is 1.44 bits per heavy atom. The van der Waals surface area contributed by atoms with Crippen molar-refractivity contribution in [1.29, 1.82) is 0 Å². The zero-order chi connectivity index (χ0) is 18.9. The van der Waals surface area contributed by atoms with Crippen LogP contribution in [0, 0.1) is 0 Å². The van der Waals surface area contributed by atoms with Gasteiger partial charge in [-0.2, -0.15) is 0 Å². The smallest absolute Gasteiger partial charge is 0.333 e. The number of furan rings is 1. The van der Waals surface area contributed by atoms with Crippen molar-refractivity contribution >= 4 is 11.9 Å². The fourth-order valence-corrected chi connectivity index (χ4v) is 2.85. The topological polar surface area (TPSA) is 83.4 Å². The molecule has 2 aromatic carbocycles. The third-order valence-electron chi connectivity index (χ3n) is 4.16. The van der Waals surface area contributed by atoms with Crippen LogP contribution in [0.25, 0.3) is 0 Å². The molecule has 1 heterocycles. The van der Waals surface area contributed by atoms with Crippen molar-refractivity contribution in [2.24, 2.45) is 0 Å². The molecule has 6 nitrogen and oxygen atoms in total. The first-order chi connectivity index (χ1) is 13.2. The fraction of sp³-hybridized carbons (Fsp3) is 0.143. The normalized spacial score (nSPS) is 10.4. The second-order valence-corrected chi connectivity index (χ2v) is 5.97. The molecule has 0 fully saturated rings. The molecule has 3 rings (SSSR count). The lowest BCUT2D eigenvalue weighted by atomic mass is 9.88. The lowest BCUT2D eigenvalue weighted by molar-refractivity contribution is 0.0908. The Kier molecular flexibility index (Phi) is 6.25. The molecule has 0 aliphatic heterocycles. The lowest BCUT2D eigenvalue weighted by Crippen LogP contribution is -2.47. The summed E-state index contributed by atoms with van der Waals surface area (Å²) >= 11 is 0. The molecule has 0 spiro atoms. The van der Waals surface area contributed by atoms with Crippen LogP contribution in [-0.4, -0.2) is 18.5 Å². The summed E-state index contributed by atoms with van der Waals surface area (Å²) in [6.07, 6.45) is 2.12. The maximum atomic E-state index is 11.9. The zero-order valence-electron chi connectivity index (χ0n) is 14.7. The molecular formula is C21H21N3O3. The maximum Gasteiger partial charge on any atom is 0.333 e. The Bertz CT molecular complexity index is 809. The van der Waals surface area contributed by atoms with Crippen LogP contribution < -0.4 is 16.2 Å². The van der Waals surface area contributed by atoms with Crippen molar-refractivity contribution in [2.75, 3.05) is 6.54 Å². The summed E-state index contributed by atoms with van der Waals surface area (Å²) < 4.78 is 4.95. The molecular weight excluding hydrogens is 342 g/mol. The van der Waals surface area contributed by atoms with E-state index in [4.69, 9.17) is 4.42 Å². The van der Waals surface area contributed by atoms with Crippen LogP contribution in [0.5, 0.6) is 0 Å². The third kappa shape index (κ3) is 5.22. The van der Waals surface area contributed by atoms with Crippen LogP contribution in [-0.2, 0) is 0 Å². The van der Waals surface area contributed by atoms with Gasteiger partial charge in [0, 0.05) is 12.5 Å². The first-order valence-electron chi connectivity index (χ1n) is 8.71. The number of hydrogen-bond donors (Lipinski definition) is 3. The van der Waals surface area contributed by atoms with Crippen LogP contribution in [0.15, 0.2) is 83.5 Å². The molecule has 3 aromatic rings. The van der Waals surface area contributed by atoms with Gasteiger partial charge in [0.1, 0.15) is 0 Å². The van der Waals surface area contributed by atoms with E-state index in [2.05, 4.69) is 40.4 Å². The van der Waals surface area contributed by atoms with E-state index < -0.39 is 11.9 Å². The summed E-state index contributed by atoms with van der Waals surface area (Å²) in [4.78, 5) is 23.6. The second-order valence-electron chi connectivity index (χ2n) is 5.97. The summed E-state index contributed by atoms with van der Waals surface area (Å²) in [5.74, 6) is -0.212. The third-order valence-corrected chi connectivity index (χ3v) is 4.16. The minimum atomic E-state index is -0.512. The second kappa shape index (κ2) is 9.24. The number of amides is 3. The molecule has 1 aromatic heterocycles. The summed E-state index contributed by atoms with van der Waals surface area (Å²) in [5.41, 5.74) is 6.99. The highest BCUT2D eigenvalue weighted by atomic mass is 16.3. The van der Waals surface area contributed by atoms with E-state index in [1.807, 2.05) is 36.4 Å². The SMILES string of the molecule is O=C(NCCC(c1ccccc1)c1ccccc1)NNC(=O)c1ccco1. The van der Waals surface area contributed by atoms with Gasteiger partial charge in [-0.15, -0.1) is 0 Å². The number of benzene rings is 2. The number of hydrazine groups is 1. The molecule has 138 valence electrons. The van der Waals surface area contributed by atoms with Gasteiger partial charge in [-0.1, -0.05) is 60.7 Å². The van der Waals surface area contributed by atoms with Gasteiger partial charge in [-0.05, 0) is 29.7 Å². The van der Waals surface area contributed by atoms with Crippen molar-refractivity contribution in [3.05, 3.63) is 95.9 Å². The highest BCUT2D eigenvalue weighted by molar-refractivity contribution is 5.92. The van der Waals surface area contributed by atoms with Crippen LogP contribution in [0.3, 0.4) is 0 Å². The first-order valence-corrected chi connectivity index (χ1v) is 8.71. The van der Waals surface area contributed by atoms with Gasteiger partial charge >= 0.3 is 11.9 Å². The molecule has 0 bridgehead atoms. The Morgan fingerprint density at radius 1 is 0.815 bits per heavy atom. The van der Waals surface area contributed by atoms with Gasteiger partial charge in [0.15, 0.2) is 5.76 Å². The number of nitrogens with one attached hydrogen (secondary N) is 3. The van der Waals surface area contributed by atoms with Gasteiger partial charge in [0.05, 0.1) is 6.26 Å². The van der Waals surface area contributed by atoms with Gasteiger partial charge in [-0.25, -0.2) is 10.2 Å². The van der Waals surface area contributed by atoms with E-state index in [9.17, 15) is 9.59 Å². The van der Waals surface area contributed by atoms with Gasteiger partial charge in [-0.3, -0.25) is 10.2 Å². The van der Waals surface area contributed by atoms with Gasteiger partial charge < -0.3 is 9.73 Å². The van der Waals surface area contributed by atoms with E-state index in [1.54, 1.807) is 6.07 Å². The minimum absolute atomic E-state index is 0.128. The highest BCUT2D eigenvalue weighted by Gasteiger charge is 2.14. The van der Waals surface area contributed by atoms with Crippen molar-refractivity contribution in [3.8, 4) is 0 Å². The van der Waals surface area contributed by atoms with Gasteiger partial charge in [0.25, 0.3) is 0 Å². The van der Waals surface area contributed by atoms with E-state index in [0.29, 0.717) is 6.54 Å². The quantitative estimate of drug-likeness (QED) is 0.587. The number of urea groups is 1. The van der Waals surface area contributed by atoms with Crippen molar-refractivity contribution in [2.45, 2.75) is 12.3 Å². The number of carbonyl (C=O) groups is 2. The van der Waals surface area contributed by atoms with Crippen LogP contribution in [0.4, 0.5) is 4.79 Å². The molecule has 27 heavy (non-hydrogen) atoms. The molecule has 0 saturated carbocycles. The fourth-order valence-electron chi connectivity index (χ4n) is 2.85. The molecule has 0 radical (unpaired) electrons. The molecule has 0 aliphatic carbocycles. The van der Waals surface area contributed by atoms with Crippen molar-refractivity contribution in [1.82, 2.24) is 16.2 Å². The largest absolute Gasteiger partial charge is 0.459 e. The summed E-state index contributed by atoms with van der Waals surface area (Å²) in [5, 5.41) is 2.76. The average molecular weight is 363 g/mol. The standard InChI is InChI=1S/C21H21N3O3/c25-20(19-12-7-15-27-19)23-24-21(26)22-14-13-18(16-8-3-1-4-9-16)17-10-5-2-6-11-17/h1-12,15,18H,13-14H2,(H,23,25)(H2,22,24,26). The van der Waals surface area contributed by atoms with Crippen LogP contribution in [0.2, 0.25) is 0 Å². The Labute approximate surface area is 157 Å². The molecule has 0 atom stereocenters. The Hall–Kier alpha value is -3.54. The molecule has 3 amide bonds. The number of carbonyl (C=O) groups excluding carboxylic acids is 2. The molecule has 3 N–H and O–H groups in total. The van der Waals surface area contributed by atoms with E-state index in [0.717, 1.165) is 6.42 Å². The van der Waals surface area contributed by atoms with Crippen molar-refractivity contribution < 1.29 is 14.0 Å². The number of hydrogen-bond acceptors (Lipinski definition) is 3. The molecule has 0 aliphatic rings. The summed E-state index contributed by atoms with van der Waals surface area (Å²) in [6, 6.07) is 23.0. The predicted octanol–water partition coefficient (Wildman–Crippen LogP) is 3.45. The molecule has 0 saturated heterocycles. The maximum absolute atomic E-state index is 11.9. The van der Waals surface area contributed by atoms with Gasteiger partial charge in [0.2, 0.25) is 0 Å². The first kappa shape index (κ1) is 18.3. The Morgan fingerprint density at radius 3 is 2.00 bits per heavy atom. The lowest BCUT2D eigenvalue weighted by Gasteiger charge is -2.18. The monoisotopic (exact) mass is 363 g/mol. The summed E-state index contributed by atoms with van der Waals surface area (Å²) in [6.45, 7) is 0.455. The van der Waals surface area contributed by atoms with E-state index >= 15 is 0 Å². The van der Waals surface area contributed by atoms with Crippen LogP contribution >= 0.6 is 0 Å². The van der Waals surface area contributed by atoms with Crippen molar-refractivity contribution in [3.63, 3.8) is 0 Å². The predicted molar refractivity (Wildman–Crippen MR) is 102 cm³/mol. The molecule has 0 unspecified atom stereocenters. The average Bonchev–Trinajstić information content (AvgIpc) is 3.26. The van der Waals surface area contributed by atoms with Crippen LogP contribution in [0.1, 0.15) is 34.0 Å².